The van der Waals surface area contributed by atoms with Crippen LogP contribution in [0.4, 0.5) is 0 Å². The van der Waals surface area contributed by atoms with Crippen LogP contribution in [0.3, 0.4) is 0 Å². The first-order valence-corrected chi connectivity index (χ1v) is 6.53. The van der Waals surface area contributed by atoms with Crippen molar-refractivity contribution >= 4 is 10.8 Å². The van der Waals surface area contributed by atoms with Gasteiger partial charge in [0.2, 0.25) is 5.88 Å². The molecule has 0 aliphatic carbocycles. The summed E-state index contributed by atoms with van der Waals surface area (Å²) in [6, 6.07) is 19.7. The van der Waals surface area contributed by atoms with Crippen molar-refractivity contribution < 1.29 is 9.84 Å². The van der Waals surface area contributed by atoms with Crippen LogP contribution < -0.4 is 4.74 Å². The maximum atomic E-state index is 9.29. The number of pyridine rings is 1. The van der Waals surface area contributed by atoms with Gasteiger partial charge in [-0.05, 0) is 23.1 Å². The summed E-state index contributed by atoms with van der Waals surface area (Å²) >= 11 is 0. The number of hydrogen-bond donors (Lipinski definition) is 1. The molecular formula is C17H15NO2. The second-order valence-corrected chi connectivity index (χ2v) is 4.57. The Morgan fingerprint density at radius 3 is 2.50 bits per heavy atom. The molecule has 0 saturated carbocycles. The van der Waals surface area contributed by atoms with Gasteiger partial charge in [0.25, 0.3) is 0 Å². The van der Waals surface area contributed by atoms with Gasteiger partial charge in [0.15, 0.2) is 0 Å². The molecule has 3 nitrogen and oxygen atoms in total. The molecule has 0 aliphatic rings. The van der Waals surface area contributed by atoms with Gasteiger partial charge in [0, 0.05) is 5.39 Å². The smallest absolute Gasteiger partial charge is 0.222 e. The molecule has 2 aromatic carbocycles. The molecule has 1 heterocycles. The highest BCUT2D eigenvalue weighted by molar-refractivity contribution is 5.87. The lowest BCUT2D eigenvalue weighted by Crippen LogP contribution is -2.00. The van der Waals surface area contributed by atoms with Crippen LogP contribution in [0.2, 0.25) is 0 Å². The minimum atomic E-state index is -0.0907. The van der Waals surface area contributed by atoms with Crippen LogP contribution in [-0.2, 0) is 13.2 Å². The third-order valence-corrected chi connectivity index (χ3v) is 3.14. The normalized spacial score (nSPS) is 10.7. The molecule has 0 saturated heterocycles. The van der Waals surface area contributed by atoms with Gasteiger partial charge < -0.3 is 9.84 Å². The predicted molar refractivity (Wildman–Crippen MR) is 78.4 cm³/mol. The van der Waals surface area contributed by atoms with E-state index in [2.05, 4.69) is 4.98 Å². The average Bonchev–Trinajstić information content (AvgIpc) is 2.53. The Morgan fingerprint density at radius 1 is 0.950 bits per heavy atom. The summed E-state index contributed by atoms with van der Waals surface area (Å²) in [6.45, 7) is 0.374. The van der Waals surface area contributed by atoms with E-state index < -0.39 is 0 Å². The Labute approximate surface area is 117 Å². The molecule has 20 heavy (non-hydrogen) atoms. The number of rotatable bonds is 4. The molecule has 3 rings (SSSR count). The third kappa shape index (κ3) is 2.63. The van der Waals surface area contributed by atoms with Gasteiger partial charge in [0.1, 0.15) is 6.61 Å². The van der Waals surface area contributed by atoms with E-state index in [0.717, 1.165) is 16.3 Å². The first-order chi connectivity index (χ1) is 9.86. The molecule has 100 valence electrons. The van der Waals surface area contributed by atoms with Gasteiger partial charge in [-0.2, -0.15) is 0 Å². The van der Waals surface area contributed by atoms with Gasteiger partial charge in [-0.15, -0.1) is 0 Å². The van der Waals surface area contributed by atoms with Gasteiger partial charge in [-0.25, -0.2) is 4.98 Å². The Morgan fingerprint density at radius 2 is 1.70 bits per heavy atom. The molecule has 0 aliphatic heterocycles. The van der Waals surface area contributed by atoms with Crippen molar-refractivity contribution in [3.8, 4) is 5.88 Å². The molecule has 0 amide bonds. The van der Waals surface area contributed by atoms with E-state index >= 15 is 0 Å². The Bertz CT molecular complexity index is 711. The number of nitrogens with zero attached hydrogens (tertiary/aromatic N) is 1. The van der Waals surface area contributed by atoms with Crippen LogP contribution in [0.5, 0.6) is 5.88 Å². The highest BCUT2D eigenvalue weighted by atomic mass is 16.5. The number of fused-ring (bicyclic) bond motifs is 1. The van der Waals surface area contributed by atoms with Gasteiger partial charge in [-0.3, -0.25) is 0 Å². The van der Waals surface area contributed by atoms with E-state index in [0.29, 0.717) is 18.2 Å². The Hall–Kier alpha value is -2.39. The van der Waals surface area contributed by atoms with Crippen molar-refractivity contribution in [1.82, 2.24) is 4.98 Å². The lowest BCUT2D eigenvalue weighted by molar-refractivity contribution is 0.267. The van der Waals surface area contributed by atoms with E-state index in [4.69, 9.17) is 4.74 Å². The first kappa shape index (κ1) is 12.6. The van der Waals surface area contributed by atoms with Crippen LogP contribution in [0.1, 0.15) is 11.3 Å². The molecule has 1 N–H and O–H groups in total. The number of aromatic nitrogens is 1. The number of aliphatic hydroxyl groups excluding tert-OH is 1. The number of aliphatic hydroxyl groups is 1. The summed E-state index contributed by atoms with van der Waals surface area (Å²) < 4.78 is 5.83. The van der Waals surface area contributed by atoms with Gasteiger partial charge >= 0.3 is 0 Å². The quantitative estimate of drug-likeness (QED) is 0.787. The molecule has 0 unspecified atom stereocenters. The van der Waals surface area contributed by atoms with E-state index in [-0.39, 0.29) is 6.61 Å². The highest BCUT2D eigenvalue weighted by Crippen LogP contribution is 2.25. The Balaban J connectivity index is 1.93. The monoisotopic (exact) mass is 265 g/mol. The summed E-state index contributed by atoms with van der Waals surface area (Å²) in [5, 5.41) is 11.3. The lowest BCUT2D eigenvalue weighted by Gasteiger charge is -2.10. The topological polar surface area (TPSA) is 42.4 Å². The van der Waals surface area contributed by atoms with Crippen LogP contribution >= 0.6 is 0 Å². The third-order valence-electron chi connectivity index (χ3n) is 3.14. The summed E-state index contributed by atoms with van der Waals surface area (Å²) in [7, 11) is 0. The second-order valence-electron chi connectivity index (χ2n) is 4.57. The fourth-order valence-electron chi connectivity index (χ4n) is 2.14. The summed E-state index contributed by atoms with van der Waals surface area (Å²) in [4.78, 5) is 4.36. The molecule has 0 bridgehead atoms. The first-order valence-electron chi connectivity index (χ1n) is 6.53. The molecule has 0 fully saturated rings. The van der Waals surface area contributed by atoms with Crippen LogP contribution in [-0.4, -0.2) is 10.1 Å². The fraction of sp³-hybridized carbons (Fsp3) is 0.118. The molecule has 1 aromatic heterocycles. The summed E-state index contributed by atoms with van der Waals surface area (Å²) in [6.07, 6.45) is 0. The van der Waals surface area contributed by atoms with Gasteiger partial charge in [0.05, 0.1) is 12.3 Å². The van der Waals surface area contributed by atoms with Crippen molar-refractivity contribution in [1.29, 1.82) is 0 Å². The molecule has 3 heteroatoms. The minimum absolute atomic E-state index is 0.0907. The van der Waals surface area contributed by atoms with E-state index in [9.17, 15) is 5.11 Å². The fourth-order valence-corrected chi connectivity index (χ4v) is 2.14. The van der Waals surface area contributed by atoms with Crippen LogP contribution in [0.25, 0.3) is 10.8 Å². The Kier molecular flexibility index (Phi) is 3.61. The SMILES string of the molecule is OCc1cc2ccccc2c(OCc2ccccc2)n1. The highest BCUT2D eigenvalue weighted by Gasteiger charge is 2.06. The molecular weight excluding hydrogens is 250 g/mol. The summed E-state index contributed by atoms with van der Waals surface area (Å²) in [5.41, 5.74) is 1.71. The van der Waals surface area contributed by atoms with Crippen molar-refractivity contribution in [2.75, 3.05) is 0 Å². The zero-order chi connectivity index (χ0) is 13.8. The maximum Gasteiger partial charge on any atom is 0.222 e. The predicted octanol–water partition coefficient (Wildman–Crippen LogP) is 3.31. The van der Waals surface area contributed by atoms with Crippen molar-refractivity contribution in [3.63, 3.8) is 0 Å². The maximum absolute atomic E-state index is 9.29. The molecule has 0 atom stereocenters. The lowest BCUT2D eigenvalue weighted by atomic mass is 10.1. The average molecular weight is 265 g/mol. The zero-order valence-corrected chi connectivity index (χ0v) is 11.0. The van der Waals surface area contributed by atoms with E-state index in [1.54, 1.807) is 0 Å². The number of ether oxygens (including phenoxy) is 1. The van der Waals surface area contributed by atoms with Crippen molar-refractivity contribution in [3.05, 3.63) is 71.9 Å². The van der Waals surface area contributed by atoms with E-state index in [1.807, 2.05) is 60.7 Å². The van der Waals surface area contributed by atoms with Crippen LogP contribution in [0, 0.1) is 0 Å². The molecule has 3 aromatic rings. The van der Waals surface area contributed by atoms with Crippen molar-refractivity contribution in [2.24, 2.45) is 0 Å². The number of benzene rings is 2. The zero-order valence-electron chi connectivity index (χ0n) is 11.0. The van der Waals surface area contributed by atoms with Gasteiger partial charge in [-0.1, -0.05) is 48.5 Å². The standard InChI is InChI=1S/C17H15NO2/c19-11-15-10-14-8-4-5-9-16(14)17(18-15)20-12-13-6-2-1-3-7-13/h1-10,19H,11-12H2. The largest absolute Gasteiger partial charge is 0.472 e. The van der Waals surface area contributed by atoms with E-state index in [1.165, 1.54) is 0 Å². The second kappa shape index (κ2) is 5.72. The number of hydrogen-bond acceptors (Lipinski definition) is 3. The molecule has 0 spiro atoms. The molecule has 0 radical (unpaired) electrons. The van der Waals surface area contributed by atoms with Crippen LogP contribution in [0.15, 0.2) is 60.7 Å². The summed E-state index contributed by atoms with van der Waals surface area (Å²) in [5.74, 6) is 0.566. The van der Waals surface area contributed by atoms with Crippen molar-refractivity contribution in [2.45, 2.75) is 13.2 Å². The minimum Gasteiger partial charge on any atom is -0.472 e.